The number of para-hydroxylation sites is 1. The van der Waals surface area contributed by atoms with Crippen LogP contribution in [-0.2, 0) is 36.0 Å². The fourth-order valence-electron chi connectivity index (χ4n) is 4.29. The first-order valence-electron chi connectivity index (χ1n) is 12.9. The molecule has 0 bridgehead atoms. The van der Waals surface area contributed by atoms with Crippen LogP contribution >= 0.6 is 0 Å². The molecular formula is C28H32N4O7S2. The molecule has 3 aromatic rings. The second-order valence-corrected chi connectivity index (χ2v) is 13.2. The Hall–Kier alpha value is -3.78. The van der Waals surface area contributed by atoms with Crippen LogP contribution in [0.3, 0.4) is 0 Å². The molecule has 1 heterocycles. The Kier molecular flexibility index (Phi) is 9.76. The van der Waals surface area contributed by atoms with E-state index in [0.717, 1.165) is 16.1 Å². The van der Waals surface area contributed by atoms with Crippen molar-refractivity contribution in [3.8, 4) is 0 Å². The van der Waals surface area contributed by atoms with Gasteiger partial charge in [0.1, 0.15) is 6.54 Å². The highest BCUT2D eigenvalue weighted by Gasteiger charge is 2.27. The fraction of sp³-hybridized carbons (Fsp3) is 0.286. The molecule has 2 N–H and O–H groups in total. The number of hydrogen-bond acceptors (Lipinski definition) is 7. The summed E-state index contributed by atoms with van der Waals surface area (Å²) in [5, 5.41) is 5.47. The molecule has 1 aliphatic heterocycles. The van der Waals surface area contributed by atoms with Crippen LogP contribution in [0.4, 0.5) is 11.4 Å². The number of hydrogen-bond donors (Lipinski definition) is 2. The summed E-state index contributed by atoms with van der Waals surface area (Å²) in [5.41, 5.74) is 1.66. The molecule has 0 radical (unpaired) electrons. The van der Waals surface area contributed by atoms with Gasteiger partial charge in [-0.1, -0.05) is 42.5 Å². The summed E-state index contributed by atoms with van der Waals surface area (Å²) in [6, 6.07) is 21.4. The highest BCUT2D eigenvalue weighted by molar-refractivity contribution is 7.92. The molecule has 0 spiro atoms. The van der Waals surface area contributed by atoms with Crippen molar-refractivity contribution in [3.05, 3.63) is 90.0 Å². The number of carbonyl (C=O) groups excluding carboxylic acids is 2. The lowest BCUT2D eigenvalue weighted by atomic mass is 10.1. The van der Waals surface area contributed by atoms with E-state index in [-0.39, 0.29) is 40.8 Å². The molecule has 0 aromatic heterocycles. The van der Waals surface area contributed by atoms with E-state index in [1.807, 2.05) is 30.3 Å². The van der Waals surface area contributed by atoms with Gasteiger partial charge >= 0.3 is 0 Å². The Bertz CT molecular complexity index is 1570. The topological polar surface area (TPSA) is 142 Å². The number of morpholine rings is 1. The molecule has 0 aliphatic carbocycles. The Labute approximate surface area is 240 Å². The molecule has 218 valence electrons. The number of anilines is 2. The van der Waals surface area contributed by atoms with Crippen molar-refractivity contribution < 1.29 is 31.2 Å². The van der Waals surface area contributed by atoms with Crippen molar-refractivity contribution in [3.63, 3.8) is 0 Å². The SMILES string of the molecule is CS(=O)(=O)N(CC(=O)Nc1ccccc1C(=O)NCCc1ccccc1)c1ccc(S(=O)(=O)N2CCOCC2)cc1. The van der Waals surface area contributed by atoms with Crippen LogP contribution in [-0.4, -0.2) is 78.6 Å². The number of nitrogens with zero attached hydrogens (tertiary/aromatic N) is 2. The molecular weight excluding hydrogens is 568 g/mol. The average molecular weight is 601 g/mol. The molecule has 1 saturated heterocycles. The third-order valence-electron chi connectivity index (χ3n) is 6.41. The van der Waals surface area contributed by atoms with Gasteiger partial charge in [0, 0.05) is 19.6 Å². The Morgan fingerprint density at radius 2 is 1.51 bits per heavy atom. The Balaban J connectivity index is 1.44. The first-order chi connectivity index (χ1) is 19.6. The lowest BCUT2D eigenvalue weighted by Crippen LogP contribution is -2.40. The molecule has 11 nitrogen and oxygen atoms in total. The van der Waals surface area contributed by atoms with Crippen LogP contribution in [0.25, 0.3) is 0 Å². The van der Waals surface area contributed by atoms with E-state index in [4.69, 9.17) is 4.74 Å². The summed E-state index contributed by atoms with van der Waals surface area (Å²) < 4.78 is 58.4. The van der Waals surface area contributed by atoms with E-state index in [9.17, 15) is 26.4 Å². The molecule has 1 aliphatic rings. The molecule has 2 amide bonds. The van der Waals surface area contributed by atoms with Gasteiger partial charge in [0.25, 0.3) is 5.91 Å². The highest BCUT2D eigenvalue weighted by atomic mass is 32.2. The zero-order valence-electron chi connectivity index (χ0n) is 22.5. The van der Waals surface area contributed by atoms with E-state index in [2.05, 4.69) is 10.6 Å². The minimum Gasteiger partial charge on any atom is -0.379 e. The molecule has 13 heteroatoms. The first kappa shape index (κ1) is 30.2. The average Bonchev–Trinajstić information content (AvgIpc) is 2.96. The molecule has 3 aromatic carbocycles. The second-order valence-electron chi connectivity index (χ2n) is 9.37. The van der Waals surface area contributed by atoms with Gasteiger partial charge in [0.2, 0.25) is 26.0 Å². The van der Waals surface area contributed by atoms with Gasteiger partial charge in [-0.15, -0.1) is 0 Å². The Morgan fingerprint density at radius 1 is 0.878 bits per heavy atom. The van der Waals surface area contributed by atoms with E-state index >= 15 is 0 Å². The van der Waals surface area contributed by atoms with Crippen LogP contribution in [0.1, 0.15) is 15.9 Å². The van der Waals surface area contributed by atoms with Gasteiger partial charge in [0.15, 0.2) is 0 Å². The van der Waals surface area contributed by atoms with Gasteiger partial charge in [-0.25, -0.2) is 16.8 Å². The second kappa shape index (κ2) is 13.3. The summed E-state index contributed by atoms with van der Waals surface area (Å²) in [6.07, 6.45) is 1.59. The lowest BCUT2D eigenvalue weighted by Gasteiger charge is -2.26. The number of amides is 2. The summed E-state index contributed by atoms with van der Waals surface area (Å²) in [6.45, 7) is 0.862. The summed E-state index contributed by atoms with van der Waals surface area (Å²) >= 11 is 0. The molecule has 0 unspecified atom stereocenters. The van der Waals surface area contributed by atoms with E-state index in [0.29, 0.717) is 26.2 Å². The third kappa shape index (κ3) is 7.91. The minimum absolute atomic E-state index is 0.00765. The van der Waals surface area contributed by atoms with Gasteiger partial charge in [-0.2, -0.15) is 4.31 Å². The lowest BCUT2D eigenvalue weighted by molar-refractivity contribution is -0.114. The predicted octanol–water partition coefficient (Wildman–Crippen LogP) is 2.08. The predicted molar refractivity (Wildman–Crippen MR) is 156 cm³/mol. The maximum Gasteiger partial charge on any atom is 0.253 e. The van der Waals surface area contributed by atoms with Crippen molar-refractivity contribution >= 4 is 43.2 Å². The number of ether oxygens (including phenoxy) is 1. The smallest absolute Gasteiger partial charge is 0.253 e. The number of nitrogens with one attached hydrogen (secondary N) is 2. The highest BCUT2D eigenvalue weighted by Crippen LogP contribution is 2.23. The van der Waals surface area contributed by atoms with Crippen LogP contribution < -0.4 is 14.9 Å². The van der Waals surface area contributed by atoms with Crippen LogP contribution in [0.15, 0.2) is 83.8 Å². The third-order valence-corrected chi connectivity index (χ3v) is 9.46. The first-order valence-corrected chi connectivity index (χ1v) is 16.2. The van der Waals surface area contributed by atoms with Gasteiger partial charge in [-0.3, -0.25) is 13.9 Å². The molecule has 0 saturated carbocycles. The van der Waals surface area contributed by atoms with Crippen molar-refractivity contribution in [2.45, 2.75) is 11.3 Å². The molecule has 41 heavy (non-hydrogen) atoms. The van der Waals surface area contributed by atoms with Gasteiger partial charge < -0.3 is 15.4 Å². The zero-order valence-corrected chi connectivity index (χ0v) is 24.2. The summed E-state index contributed by atoms with van der Waals surface area (Å²) in [7, 11) is -7.69. The molecule has 0 atom stereocenters. The van der Waals surface area contributed by atoms with Crippen molar-refractivity contribution in [2.24, 2.45) is 0 Å². The van der Waals surface area contributed by atoms with Gasteiger partial charge in [0.05, 0.1) is 41.3 Å². The maximum atomic E-state index is 13.0. The quantitative estimate of drug-likeness (QED) is 0.343. The largest absolute Gasteiger partial charge is 0.379 e. The maximum absolute atomic E-state index is 13.0. The normalized spacial score (nSPS) is 14.3. The molecule has 1 fully saturated rings. The van der Waals surface area contributed by atoms with Crippen molar-refractivity contribution in [1.82, 2.24) is 9.62 Å². The van der Waals surface area contributed by atoms with Gasteiger partial charge in [-0.05, 0) is 48.4 Å². The number of carbonyl (C=O) groups is 2. The number of rotatable bonds is 11. The Morgan fingerprint density at radius 3 is 2.17 bits per heavy atom. The van der Waals surface area contributed by atoms with Crippen molar-refractivity contribution in [1.29, 1.82) is 0 Å². The van der Waals surface area contributed by atoms with Crippen LogP contribution in [0.2, 0.25) is 0 Å². The standard InChI is InChI=1S/C28H32N4O7S2/c1-40(35,36)32(23-11-13-24(14-12-23)41(37,38)31-17-19-39-20-18-31)21-27(33)30-26-10-6-5-9-25(26)28(34)29-16-15-22-7-3-2-4-8-22/h2-14H,15-21H2,1H3,(H,29,34)(H,30,33). The summed E-state index contributed by atoms with van der Waals surface area (Å²) in [5.74, 6) is -1.06. The number of benzene rings is 3. The fourth-order valence-corrected chi connectivity index (χ4v) is 6.56. The number of sulfonamides is 2. The summed E-state index contributed by atoms with van der Waals surface area (Å²) in [4.78, 5) is 25.8. The van der Waals surface area contributed by atoms with E-state index < -0.39 is 32.5 Å². The minimum atomic E-state index is -3.92. The van der Waals surface area contributed by atoms with Crippen molar-refractivity contribution in [2.75, 3.05) is 55.3 Å². The zero-order chi connectivity index (χ0) is 29.5. The van der Waals surface area contributed by atoms with Crippen LogP contribution in [0.5, 0.6) is 0 Å². The van der Waals surface area contributed by atoms with E-state index in [1.54, 1.807) is 24.3 Å². The van der Waals surface area contributed by atoms with Crippen LogP contribution in [0, 0.1) is 0 Å². The molecule has 4 rings (SSSR count). The monoisotopic (exact) mass is 600 g/mol. The van der Waals surface area contributed by atoms with E-state index in [1.165, 1.54) is 28.6 Å².